The number of anilines is 1. The lowest BCUT2D eigenvalue weighted by molar-refractivity contribution is -0.132. The average molecular weight is 543 g/mol. The topological polar surface area (TPSA) is 94.5 Å². The summed E-state index contributed by atoms with van der Waals surface area (Å²) in [4.78, 5) is 30.7. The van der Waals surface area contributed by atoms with Gasteiger partial charge in [-0.1, -0.05) is 59.2 Å². The van der Waals surface area contributed by atoms with Crippen LogP contribution in [-0.2, 0) is 9.59 Å². The number of carbonyl (C=O) groups excluding carboxylic acids is 2. The third-order valence-corrected chi connectivity index (χ3v) is 6.72. The molecule has 0 saturated heterocycles. The molecule has 8 nitrogen and oxygen atoms in total. The van der Waals surface area contributed by atoms with Gasteiger partial charge in [-0.15, -0.1) is 10.2 Å². The van der Waals surface area contributed by atoms with E-state index in [2.05, 4.69) is 38.0 Å². The van der Waals surface area contributed by atoms with E-state index in [1.54, 1.807) is 23.1 Å². The van der Waals surface area contributed by atoms with E-state index in [1.807, 2.05) is 24.3 Å². The van der Waals surface area contributed by atoms with Crippen LogP contribution in [0.2, 0.25) is 0 Å². The third kappa shape index (κ3) is 5.07. The molecule has 1 aliphatic rings. The first-order chi connectivity index (χ1) is 16.4. The molecular weight excluding hydrogens is 520 g/mol. The largest absolute Gasteiger partial charge is 0.447 e. The Morgan fingerprint density at radius 3 is 2.71 bits per heavy atom. The van der Waals surface area contributed by atoms with E-state index in [-0.39, 0.29) is 11.8 Å². The second kappa shape index (κ2) is 10.5. The number of carbonyl (C=O) groups is 2. The maximum Gasteiger partial charge on any atom is 0.308 e. The Balaban J connectivity index is 1.87. The molecule has 0 fully saturated rings. The van der Waals surface area contributed by atoms with Crippen molar-refractivity contribution in [3.63, 3.8) is 0 Å². The van der Waals surface area contributed by atoms with Gasteiger partial charge in [0.15, 0.2) is 5.69 Å². The van der Waals surface area contributed by atoms with Gasteiger partial charge in [-0.2, -0.15) is 4.98 Å². The highest BCUT2D eigenvalue weighted by Crippen LogP contribution is 2.45. The molecule has 3 aromatic rings. The summed E-state index contributed by atoms with van der Waals surface area (Å²) in [6.07, 6.45) is 1.21. The van der Waals surface area contributed by atoms with Gasteiger partial charge in [-0.3, -0.25) is 14.5 Å². The lowest BCUT2D eigenvalue weighted by Gasteiger charge is -2.30. The molecule has 0 aliphatic carbocycles. The Hall–Kier alpha value is -2.98. The van der Waals surface area contributed by atoms with Crippen molar-refractivity contribution in [2.75, 3.05) is 10.7 Å². The summed E-state index contributed by atoms with van der Waals surface area (Å²) in [5.41, 5.74) is 2.35. The molecule has 0 bridgehead atoms. The maximum atomic E-state index is 12.9. The number of unbranched alkanes of at least 4 members (excludes halogenated alkanes) is 1. The SMILES string of the molecule is CCCCSc1nnc2c(n1)OC(c1cc(OC(C)=O)ccc1Br)N(C(C)=O)c1ccccc1-2. The van der Waals surface area contributed by atoms with Crippen LogP contribution in [0.5, 0.6) is 11.6 Å². The number of esters is 1. The lowest BCUT2D eigenvalue weighted by atomic mass is 10.1. The zero-order chi connectivity index (χ0) is 24.2. The van der Waals surface area contributed by atoms with Crippen molar-refractivity contribution in [3.05, 3.63) is 52.5 Å². The fourth-order valence-corrected chi connectivity index (χ4v) is 4.87. The quantitative estimate of drug-likeness (QED) is 0.173. The van der Waals surface area contributed by atoms with Crippen molar-refractivity contribution >= 4 is 45.3 Å². The Morgan fingerprint density at radius 2 is 1.97 bits per heavy atom. The number of rotatable bonds is 6. The second-order valence-electron chi connectivity index (χ2n) is 7.60. The van der Waals surface area contributed by atoms with Gasteiger partial charge in [0.05, 0.1) is 5.69 Å². The van der Waals surface area contributed by atoms with Crippen LogP contribution in [0.15, 0.2) is 52.1 Å². The third-order valence-electron chi connectivity index (χ3n) is 5.08. The molecule has 4 rings (SSSR count). The minimum atomic E-state index is -0.894. The van der Waals surface area contributed by atoms with E-state index in [0.29, 0.717) is 37.9 Å². The van der Waals surface area contributed by atoms with Gasteiger partial charge in [-0.05, 0) is 30.7 Å². The molecule has 0 spiro atoms. The van der Waals surface area contributed by atoms with Crippen LogP contribution in [0.4, 0.5) is 5.69 Å². The maximum absolute atomic E-state index is 12.9. The zero-order valence-corrected chi connectivity index (χ0v) is 21.4. The predicted molar refractivity (Wildman–Crippen MR) is 133 cm³/mol. The van der Waals surface area contributed by atoms with Crippen LogP contribution in [-0.4, -0.2) is 32.8 Å². The fraction of sp³-hybridized carbons (Fsp3) is 0.292. The number of benzene rings is 2. The molecule has 0 saturated carbocycles. The smallest absolute Gasteiger partial charge is 0.308 e. The molecule has 2 heterocycles. The van der Waals surface area contributed by atoms with Crippen molar-refractivity contribution in [1.29, 1.82) is 0 Å². The molecule has 176 valence electrons. The van der Waals surface area contributed by atoms with Gasteiger partial charge < -0.3 is 9.47 Å². The van der Waals surface area contributed by atoms with Crippen LogP contribution in [0.25, 0.3) is 11.3 Å². The summed E-state index contributed by atoms with van der Waals surface area (Å²) >= 11 is 5.07. The average Bonchev–Trinajstić information content (AvgIpc) is 2.94. The van der Waals surface area contributed by atoms with Crippen molar-refractivity contribution < 1.29 is 19.1 Å². The van der Waals surface area contributed by atoms with E-state index in [9.17, 15) is 9.59 Å². The summed E-state index contributed by atoms with van der Waals surface area (Å²) in [5.74, 6) is 0.805. The first-order valence-electron chi connectivity index (χ1n) is 10.8. The van der Waals surface area contributed by atoms with E-state index in [0.717, 1.165) is 18.6 Å². The molecule has 0 N–H and O–H groups in total. The fourth-order valence-electron chi connectivity index (χ4n) is 3.56. The molecule has 1 unspecified atom stereocenters. The van der Waals surface area contributed by atoms with Crippen LogP contribution >= 0.6 is 27.7 Å². The molecule has 1 atom stereocenters. The first-order valence-corrected chi connectivity index (χ1v) is 12.6. The van der Waals surface area contributed by atoms with Crippen molar-refractivity contribution in [1.82, 2.24) is 15.2 Å². The predicted octanol–water partition coefficient (Wildman–Crippen LogP) is 5.56. The number of aromatic nitrogens is 3. The van der Waals surface area contributed by atoms with Crippen molar-refractivity contribution in [2.24, 2.45) is 0 Å². The number of para-hydroxylation sites is 1. The van der Waals surface area contributed by atoms with Gasteiger partial charge in [0, 0.05) is 35.2 Å². The monoisotopic (exact) mass is 542 g/mol. The number of halogens is 1. The van der Waals surface area contributed by atoms with Gasteiger partial charge >= 0.3 is 5.97 Å². The number of amides is 1. The second-order valence-corrected chi connectivity index (χ2v) is 9.52. The molecule has 1 aliphatic heterocycles. The number of hydrogen-bond acceptors (Lipinski definition) is 8. The summed E-state index contributed by atoms with van der Waals surface area (Å²) < 4.78 is 12.4. The number of ether oxygens (including phenoxy) is 2. The molecule has 1 amide bonds. The van der Waals surface area contributed by atoms with Crippen molar-refractivity contribution in [3.8, 4) is 22.9 Å². The number of hydrogen-bond donors (Lipinski definition) is 0. The number of nitrogens with zero attached hydrogens (tertiary/aromatic N) is 4. The molecule has 34 heavy (non-hydrogen) atoms. The molecule has 1 aromatic heterocycles. The van der Waals surface area contributed by atoms with Gasteiger partial charge in [0.2, 0.25) is 23.2 Å². The van der Waals surface area contributed by atoms with Crippen LogP contribution < -0.4 is 14.4 Å². The van der Waals surface area contributed by atoms with Gasteiger partial charge in [-0.25, -0.2) is 0 Å². The molecule has 10 heteroatoms. The van der Waals surface area contributed by atoms with Gasteiger partial charge in [0.1, 0.15) is 5.75 Å². The lowest BCUT2D eigenvalue weighted by Crippen LogP contribution is -2.36. The van der Waals surface area contributed by atoms with E-state index < -0.39 is 12.2 Å². The van der Waals surface area contributed by atoms with E-state index in [4.69, 9.17) is 9.47 Å². The van der Waals surface area contributed by atoms with E-state index >= 15 is 0 Å². The molecule has 2 aromatic carbocycles. The number of fused-ring (bicyclic) bond motifs is 3. The van der Waals surface area contributed by atoms with Crippen LogP contribution in [0.1, 0.15) is 45.4 Å². The molecule has 0 radical (unpaired) electrons. The number of thioether (sulfide) groups is 1. The zero-order valence-electron chi connectivity index (χ0n) is 18.9. The minimum absolute atomic E-state index is 0.236. The van der Waals surface area contributed by atoms with Gasteiger partial charge in [0.25, 0.3) is 0 Å². The molecular formula is C24H23BrN4O4S. The van der Waals surface area contributed by atoms with Crippen molar-refractivity contribution in [2.45, 2.75) is 45.0 Å². The highest BCUT2D eigenvalue weighted by molar-refractivity contribution is 9.10. The summed E-state index contributed by atoms with van der Waals surface area (Å²) in [6.45, 7) is 4.93. The van der Waals surface area contributed by atoms with E-state index in [1.165, 1.54) is 25.6 Å². The summed E-state index contributed by atoms with van der Waals surface area (Å²) in [6, 6.07) is 12.5. The highest BCUT2D eigenvalue weighted by Gasteiger charge is 2.35. The Morgan fingerprint density at radius 1 is 1.18 bits per heavy atom. The Labute approximate surface area is 210 Å². The van der Waals surface area contributed by atoms with Crippen LogP contribution in [0, 0.1) is 0 Å². The standard InChI is InChI=1S/C24H23BrN4O4S/c1-4-5-12-34-24-26-22-21(27-28-24)17-8-6-7-9-20(17)29(14(2)30)23(33-22)18-13-16(32-15(3)31)10-11-19(18)25/h6-11,13,23H,4-5,12H2,1-3H3. The Kier molecular flexibility index (Phi) is 7.47. The Bertz CT molecular complexity index is 1240. The minimum Gasteiger partial charge on any atom is -0.447 e. The highest BCUT2D eigenvalue weighted by atomic mass is 79.9. The van der Waals surface area contributed by atoms with Crippen LogP contribution in [0.3, 0.4) is 0 Å². The summed E-state index contributed by atoms with van der Waals surface area (Å²) in [7, 11) is 0. The normalized spacial score (nSPS) is 14.5. The summed E-state index contributed by atoms with van der Waals surface area (Å²) in [5, 5.41) is 9.22. The first kappa shape index (κ1) is 24.2.